The lowest BCUT2D eigenvalue weighted by Crippen LogP contribution is -2.47. The van der Waals surface area contributed by atoms with Crippen LogP contribution in [0, 0.1) is 0 Å². The molecule has 0 aromatic carbocycles. The predicted octanol–water partition coefficient (Wildman–Crippen LogP) is 2.52. The van der Waals surface area contributed by atoms with E-state index in [4.69, 9.17) is 0 Å². The molecule has 1 N–H and O–H groups in total. The minimum Gasteiger partial charge on any atom is -0.306 e. The molecule has 0 radical (unpaired) electrons. The lowest BCUT2D eigenvalue weighted by atomic mass is 9.78. The van der Waals surface area contributed by atoms with E-state index in [0.29, 0.717) is 5.54 Å². The van der Waals surface area contributed by atoms with Crippen LogP contribution in [0.3, 0.4) is 0 Å². The molecule has 2 heterocycles. The SMILES string of the molecule is CC1(NCc2cnc3cnc(Br)cn23)CCC1. The fourth-order valence-electron chi connectivity index (χ4n) is 2.23. The molecule has 1 aliphatic rings. The van der Waals surface area contributed by atoms with E-state index in [1.165, 1.54) is 25.0 Å². The highest BCUT2D eigenvalue weighted by Crippen LogP contribution is 2.31. The summed E-state index contributed by atoms with van der Waals surface area (Å²) in [5, 5.41) is 3.61. The largest absolute Gasteiger partial charge is 0.306 e. The zero-order valence-electron chi connectivity index (χ0n) is 9.78. The second-order valence-corrected chi connectivity index (χ2v) is 5.77. The first-order chi connectivity index (χ1) is 8.16. The first-order valence-corrected chi connectivity index (χ1v) is 6.68. The second-order valence-electron chi connectivity index (χ2n) is 4.96. The van der Waals surface area contributed by atoms with Crippen LogP contribution in [0.25, 0.3) is 5.65 Å². The van der Waals surface area contributed by atoms with Crippen LogP contribution in [-0.2, 0) is 6.54 Å². The monoisotopic (exact) mass is 294 g/mol. The number of imidazole rings is 1. The predicted molar refractivity (Wildman–Crippen MR) is 69.8 cm³/mol. The molecule has 0 unspecified atom stereocenters. The molecule has 1 saturated carbocycles. The molecule has 0 spiro atoms. The van der Waals surface area contributed by atoms with Crippen molar-refractivity contribution in [1.29, 1.82) is 0 Å². The van der Waals surface area contributed by atoms with Gasteiger partial charge < -0.3 is 5.32 Å². The molecule has 90 valence electrons. The molecule has 0 aliphatic heterocycles. The van der Waals surface area contributed by atoms with Gasteiger partial charge in [-0.1, -0.05) is 0 Å². The first kappa shape index (κ1) is 11.2. The summed E-state index contributed by atoms with van der Waals surface area (Å²) >= 11 is 3.39. The number of nitrogens with one attached hydrogen (secondary N) is 1. The van der Waals surface area contributed by atoms with Gasteiger partial charge in [0.15, 0.2) is 5.65 Å². The first-order valence-electron chi connectivity index (χ1n) is 5.89. The summed E-state index contributed by atoms with van der Waals surface area (Å²) in [6.45, 7) is 3.14. The normalized spacial score (nSPS) is 18.2. The van der Waals surface area contributed by atoms with Crippen LogP contribution >= 0.6 is 15.9 Å². The molecular weight excluding hydrogens is 280 g/mol. The highest BCUT2D eigenvalue weighted by atomic mass is 79.9. The second kappa shape index (κ2) is 4.07. The standard InChI is InChI=1S/C12H15BrN4/c1-12(3-2-4-12)16-6-9-5-15-11-7-14-10(13)8-17(9)11/h5,7-8,16H,2-4,6H2,1H3. The van der Waals surface area contributed by atoms with Crippen molar-refractivity contribution in [3.05, 3.63) is 28.9 Å². The van der Waals surface area contributed by atoms with E-state index >= 15 is 0 Å². The van der Waals surface area contributed by atoms with Crippen molar-refractivity contribution in [1.82, 2.24) is 19.7 Å². The molecule has 0 amide bonds. The summed E-state index contributed by atoms with van der Waals surface area (Å²) in [5.41, 5.74) is 2.40. The molecule has 0 bridgehead atoms. The average Bonchev–Trinajstić information content (AvgIpc) is 2.66. The topological polar surface area (TPSA) is 42.2 Å². The number of fused-ring (bicyclic) bond motifs is 1. The van der Waals surface area contributed by atoms with Crippen molar-refractivity contribution in [2.75, 3.05) is 0 Å². The van der Waals surface area contributed by atoms with Crippen LogP contribution in [0.4, 0.5) is 0 Å². The molecule has 2 aromatic rings. The van der Waals surface area contributed by atoms with E-state index in [1.807, 2.05) is 12.4 Å². The van der Waals surface area contributed by atoms with Crippen molar-refractivity contribution in [2.45, 2.75) is 38.3 Å². The molecule has 3 rings (SSSR count). The molecule has 17 heavy (non-hydrogen) atoms. The quantitative estimate of drug-likeness (QED) is 0.946. The Balaban J connectivity index is 1.82. The Hall–Kier alpha value is -0.940. The summed E-state index contributed by atoms with van der Waals surface area (Å²) in [6.07, 6.45) is 9.54. The summed E-state index contributed by atoms with van der Waals surface area (Å²) in [4.78, 5) is 8.51. The minimum absolute atomic E-state index is 0.328. The lowest BCUT2D eigenvalue weighted by Gasteiger charge is -2.39. The molecule has 4 nitrogen and oxygen atoms in total. The molecule has 5 heteroatoms. The van der Waals surface area contributed by atoms with Crippen LogP contribution in [0.2, 0.25) is 0 Å². The molecule has 1 fully saturated rings. The van der Waals surface area contributed by atoms with Gasteiger partial charge in [0.05, 0.1) is 18.1 Å². The fourth-order valence-corrected chi connectivity index (χ4v) is 2.54. The molecule has 1 aliphatic carbocycles. The Bertz CT molecular complexity index is 544. The Morgan fingerprint density at radius 2 is 2.24 bits per heavy atom. The zero-order valence-corrected chi connectivity index (χ0v) is 11.4. The van der Waals surface area contributed by atoms with E-state index in [9.17, 15) is 0 Å². The number of nitrogens with zero attached hydrogens (tertiary/aromatic N) is 3. The Morgan fingerprint density at radius 3 is 2.94 bits per heavy atom. The van der Waals surface area contributed by atoms with Gasteiger partial charge in [-0.3, -0.25) is 4.40 Å². The maximum atomic E-state index is 4.34. The fraction of sp³-hybridized carbons (Fsp3) is 0.500. The number of rotatable bonds is 3. The van der Waals surface area contributed by atoms with E-state index in [2.05, 4.69) is 42.5 Å². The van der Waals surface area contributed by atoms with Gasteiger partial charge in [0.1, 0.15) is 4.60 Å². The van der Waals surface area contributed by atoms with E-state index in [0.717, 1.165) is 16.8 Å². The maximum absolute atomic E-state index is 4.34. The van der Waals surface area contributed by atoms with Crippen molar-refractivity contribution in [3.8, 4) is 0 Å². The average molecular weight is 295 g/mol. The van der Waals surface area contributed by atoms with Crippen LogP contribution in [0.1, 0.15) is 31.9 Å². The van der Waals surface area contributed by atoms with Crippen LogP contribution < -0.4 is 5.32 Å². The number of hydrogen-bond donors (Lipinski definition) is 1. The summed E-state index contributed by atoms with van der Waals surface area (Å²) in [7, 11) is 0. The lowest BCUT2D eigenvalue weighted by molar-refractivity contribution is 0.206. The molecule has 2 aromatic heterocycles. The summed E-state index contributed by atoms with van der Waals surface area (Å²) in [5.74, 6) is 0. The van der Waals surface area contributed by atoms with Crippen molar-refractivity contribution in [3.63, 3.8) is 0 Å². The van der Waals surface area contributed by atoms with Gasteiger partial charge in [-0.15, -0.1) is 0 Å². The van der Waals surface area contributed by atoms with E-state index in [-0.39, 0.29) is 0 Å². The summed E-state index contributed by atoms with van der Waals surface area (Å²) < 4.78 is 2.91. The highest BCUT2D eigenvalue weighted by molar-refractivity contribution is 9.10. The number of halogens is 1. The van der Waals surface area contributed by atoms with Gasteiger partial charge in [-0.2, -0.15) is 0 Å². The van der Waals surface area contributed by atoms with Gasteiger partial charge in [0.2, 0.25) is 0 Å². The Morgan fingerprint density at radius 1 is 1.41 bits per heavy atom. The molecule has 0 atom stereocenters. The van der Waals surface area contributed by atoms with Crippen LogP contribution in [-0.4, -0.2) is 19.9 Å². The highest BCUT2D eigenvalue weighted by Gasteiger charge is 2.30. The van der Waals surface area contributed by atoms with E-state index < -0.39 is 0 Å². The third-order valence-corrected chi connectivity index (χ3v) is 4.00. The Kier molecular flexibility index (Phi) is 2.67. The van der Waals surface area contributed by atoms with Gasteiger partial charge in [-0.25, -0.2) is 9.97 Å². The number of aromatic nitrogens is 3. The third kappa shape index (κ3) is 2.09. The van der Waals surface area contributed by atoms with Crippen LogP contribution in [0.15, 0.2) is 23.2 Å². The van der Waals surface area contributed by atoms with Gasteiger partial charge >= 0.3 is 0 Å². The maximum Gasteiger partial charge on any atom is 0.155 e. The Labute approximate surface area is 109 Å². The van der Waals surface area contributed by atoms with E-state index in [1.54, 1.807) is 6.20 Å². The van der Waals surface area contributed by atoms with Crippen molar-refractivity contribution >= 4 is 21.6 Å². The van der Waals surface area contributed by atoms with Gasteiger partial charge in [-0.05, 0) is 42.1 Å². The third-order valence-electron chi connectivity index (χ3n) is 3.59. The van der Waals surface area contributed by atoms with Gasteiger partial charge in [0.25, 0.3) is 0 Å². The number of hydrogen-bond acceptors (Lipinski definition) is 3. The van der Waals surface area contributed by atoms with Crippen molar-refractivity contribution < 1.29 is 0 Å². The minimum atomic E-state index is 0.328. The van der Waals surface area contributed by atoms with Crippen molar-refractivity contribution in [2.24, 2.45) is 0 Å². The zero-order chi connectivity index (χ0) is 11.9. The summed E-state index contributed by atoms with van der Waals surface area (Å²) in [6, 6.07) is 0. The molecular formula is C12H15BrN4. The smallest absolute Gasteiger partial charge is 0.155 e. The molecule has 0 saturated heterocycles. The van der Waals surface area contributed by atoms with Crippen LogP contribution in [0.5, 0.6) is 0 Å². The van der Waals surface area contributed by atoms with Gasteiger partial charge in [0, 0.05) is 18.3 Å².